The molecule has 0 bridgehead atoms. The molecule has 0 atom stereocenters. The van der Waals surface area contributed by atoms with Crippen molar-refractivity contribution in [3.8, 4) is 11.5 Å². The highest BCUT2D eigenvalue weighted by molar-refractivity contribution is 7.89. The molecule has 0 aliphatic heterocycles. The second-order valence-corrected chi connectivity index (χ2v) is 10.7. The van der Waals surface area contributed by atoms with Crippen molar-refractivity contribution >= 4 is 39.0 Å². The number of carbonyl (C=O) groups excluding carboxylic acids is 2. The lowest BCUT2D eigenvalue weighted by Crippen LogP contribution is -2.21. The number of carbonyl (C=O) groups is 2. The second-order valence-electron chi connectivity index (χ2n) is 8.52. The second kappa shape index (κ2) is 12.7. The highest BCUT2D eigenvalue weighted by Gasteiger charge is 2.36. The van der Waals surface area contributed by atoms with E-state index >= 15 is 0 Å². The van der Waals surface area contributed by atoms with Gasteiger partial charge >= 0.3 is 6.18 Å². The van der Waals surface area contributed by atoms with Gasteiger partial charge in [-0.05, 0) is 67.4 Å². The maximum atomic E-state index is 14.6. The number of anilines is 1. The highest BCUT2D eigenvalue weighted by Crippen LogP contribution is 2.34. The molecule has 0 unspecified atom stereocenters. The first kappa shape index (κ1) is 30.9. The molecule has 0 aliphatic carbocycles. The van der Waals surface area contributed by atoms with Crippen molar-refractivity contribution in [3.05, 3.63) is 87.7 Å². The number of rotatable bonds is 11. The average Bonchev–Trinajstić information content (AvgIpc) is 2.86. The fourth-order valence-corrected chi connectivity index (χ4v) is 4.22. The summed E-state index contributed by atoms with van der Waals surface area (Å²) >= 11 is 5.95. The van der Waals surface area contributed by atoms with E-state index in [2.05, 4.69) is 5.32 Å². The first-order valence-electron chi connectivity index (χ1n) is 11.5. The number of sulfonamides is 1. The van der Waals surface area contributed by atoms with Crippen molar-refractivity contribution in [3.63, 3.8) is 0 Å². The van der Waals surface area contributed by atoms with Crippen LogP contribution in [0.1, 0.15) is 33.5 Å². The van der Waals surface area contributed by atoms with E-state index in [4.69, 9.17) is 26.2 Å². The first-order valence-corrected chi connectivity index (χ1v) is 13.6. The molecule has 0 saturated carbocycles. The molecule has 3 N–H and O–H groups in total. The predicted molar refractivity (Wildman–Crippen MR) is 140 cm³/mol. The van der Waals surface area contributed by atoms with Crippen molar-refractivity contribution < 1.29 is 45.0 Å². The van der Waals surface area contributed by atoms with Crippen molar-refractivity contribution in [2.45, 2.75) is 19.5 Å². The van der Waals surface area contributed by atoms with E-state index in [1.807, 2.05) is 0 Å². The molecule has 0 heterocycles. The molecule has 0 saturated heterocycles. The van der Waals surface area contributed by atoms with Crippen LogP contribution < -0.4 is 19.9 Å². The van der Waals surface area contributed by atoms with Crippen LogP contribution in [0.3, 0.4) is 0 Å². The van der Waals surface area contributed by atoms with Crippen LogP contribution in [-0.4, -0.2) is 39.1 Å². The van der Waals surface area contributed by atoms with Gasteiger partial charge in [-0.25, -0.2) is 17.9 Å². The zero-order valence-corrected chi connectivity index (χ0v) is 22.4. The Bertz CT molecular complexity index is 1530. The van der Waals surface area contributed by atoms with Crippen LogP contribution >= 0.6 is 11.6 Å². The highest BCUT2D eigenvalue weighted by atomic mass is 35.5. The number of aryl methyl sites for hydroxylation is 1. The van der Waals surface area contributed by atoms with E-state index in [1.165, 1.54) is 12.1 Å². The minimum Gasteiger partial charge on any atom is -0.494 e. The number of alkyl halides is 3. The van der Waals surface area contributed by atoms with Crippen molar-refractivity contribution in [2.24, 2.45) is 5.14 Å². The number of amides is 1. The minimum absolute atomic E-state index is 0.0371. The lowest BCUT2D eigenvalue weighted by molar-refractivity contribution is -0.140. The van der Waals surface area contributed by atoms with Gasteiger partial charge in [0.15, 0.2) is 12.4 Å². The summed E-state index contributed by atoms with van der Waals surface area (Å²) in [6.07, 6.45) is -4.81. The first-order chi connectivity index (χ1) is 18.7. The molecule has 1 amide bonds. The Morgan fingerprint density at radius 2 is 1.75 bits per heavy atom. The number of ketones is 1. The van der Waals surface area contributed by atoms with Gasteiger partial charge in [-0.3, -0.25) is 9.59 Å². The van der Waals surface area contributed by atoms with E-state index in [0.29, 0.717) is 23.1 Å². The van der Waals surface area contributed by atoms with Crippen molar-refractivity contribution in [2.75, 3.05) is 24.3 Å². The third kappa shape index (κ3) is 8.41. The zero-order valence-electron chi connectivity index (χ0n) is 20.8. The number of benzene rings is 3. The molecular formula is C26H23ClF4N2O6S. The van der Waals surface area contributed by atoms with Crippen LogP contribution in [0.2, 0.25) is 5.02 Å². The average molecular weight is 603 g/mol. The predicted octanol–water partition coefficient (Wildman–Crippen LogP) is 5.11. The zero-order chi connectivity index (χ0) is 29.7. The monoisotopic (exact) mass is 602 g/mol. The van der Waals surface area contributed by atoms with Crippen LogP contribution in [-0.2, 0) is 21.0 Å². The van der Waals surface area contributed by atoms with Gasteiger partial charge in [-0.1, -0.05) is 17.7 Å². The molecular weight excluding hydrogens is 580 g/mol. The lowest BCUT2D eigenvalue weighted by atomic mass is 9.99. The topological polar surface area (TPSA) is 125 Å². The summed E-state index contributed by atoms with van der Waals surface area (Å²) in [6.45, 7) is 1.20. The molecule has 3 aromatic rings. The number of hydrogen-bond donors (Lipinski definition) is 2. The third-order valence-corrected chi connectivity index (χ3v) is 6.50. The van der Waals surface area contributed by atoms with Gasteiger partial charge in [0.25, 0.3) is 5.91 Å². The van der Waals surface area contributed by atoms with E-state index in [1.54, 1.807) is 25.1 Å². The summed E-state index contributed by atoms with van der Waals surface area (Å²) in [6, 6.07) is 10.7. The maximum absolute atomic E-state index is 14.6. The summed E-state index contributed by atoms with van der Waals surface area (Å²) in [5, 5.41) is 7.59. The van der Waals surface area contributed by atoms with Crippen LogP contribution in [0.15, 0.2) is 54.6 Å². The number of ether oxygens (including phenoxy) is 2. The number of nitrogens with one attached hydrogen (secondary N) is 1. The maximum Gasteiger partial charge on any atom is 0.419 e. The van der Waals surface area contributed by atoms with Gasteiger partial charge in [0.1, 0.15) is 17.3 Å². The van der Waals surface area contributed by atoms with Gasteiger partial charge in [-0.15, -0.1) is 0 Å². The van der Waals surface area contributed by atoms with Crippen molar-refractivity contribution in [1.29, 1.82) is 0 Å². The molecule has 14 heteroatoms. The van der Waals surface area contributed by atoms with Crippen LogP contribution in [0.4, 0.5) is 23.2 Å². The largest absolute Gasteiger partial charge is 0.494 e. The molecule has 3 rings (SSSR count). The van der Waals surface area contributed by atoms with Gasteiger partial charge in [0.2, 0.25) is 10.0 Å². The van der Waals surface area contributed by atoms with E-state index in [0.717, 1.165) is 18.2 Å². The minimum atomic E-state index is -5.01. The summed E-state index contributed by atoms with van der Waals surface area (Å²) in [5.41, 5.74) is -1.76. The Morgan fingerprint density at radius 1 is 1.02 bits per heavy atom. The number of halogens is 5. The Balaban J connectivity index is 1.68. The quantitative estimate of drug-likeness (QED) is 0.178. The standard InChI is InChI=1S/C26H23ClF4N2O6S/c1-15-12-17(38-10-3-11-40(32,36)37)7-8-21(15)33-23(34)14-39-22-9-6-16(27)13-19(22)25(35)18-4-2-5-20(24(18)28)26(29,30)31/h2,4-9,12-13H,3,10-11,14H2,1H3,(H,33,34)(H2,32,36,37). The normalized spacial score (nSPS) is 11.7. The molecule has 0 aliphatic rings. The summed E-state index contributed by atoms with van der Waals surface area (Å²) in [5.74, 6) is -3.47. The fraction of sp³-hybridized carbons (Fsp3) is 0.231. The molecule has 214 valence electrons. The lowest BCUT2D eigenvalue weighted by Gasteiger charge is -2.14. The Labute approximate surface area is 232 Å². The molecule has 0 spiro atoms. The Morgan fingerprint density at radius 3 is 2.40 bits per heavy atom. The number of nitrogens with two attached hydrogens (primary N) is 1. The molecule has 0 fully saturated rings. The molecule has 0 aromatic heterocycles. The van der Waals surface area contributed by atoms with Gasteiger partial charge in [0.05, 0.1) is 29.1 Å². The number of primary sulfonamides is 1. The fourth-order valence-electron chi connectivity index (χ4n) is 3.52. The SMILES string of the molecule is Cc1cc(OCCCS(N)(=O)=O)ccc1NC(=O)COc1ccc(Cl)cc1C(=O)c1cccc(C(F)(F)F)c1F. The smallest absolute Gasteiger partial charge is 0.419 e. The molecule has 8 nitrogen and oxygen atoms in total. The van der Waals surface area contributed by atoms with Crippen molar-refractivity contribution in [1.82, 2.24) is 0 Å². The van der Waals surface area contributed by atoms with Crippen LogP contribution in [0, 0.1) is 12.7 Å². The van der Waals surface area contributed by atoms with Gasteiger partial charge in [0, 0.05) is 10.7 Å². The van der Waals surface area contributed by atoms with E-state index < -0.39 is 51.4 Å². The summed E-state index contributed by atoms with van der Waals surface area (Å²) in [4.78, 5) is 25.5. The summed E-state index contributed by atoms with van der Waals surface area (Å²) in [7, 11) is -3.59. The third-order valence-electron chi connectivity index (χ3n) is 5.41. The molecule has 40 heavy (non-hydrogen) atoms. The van der Waals surface area contributed by atoms with Crippen LogP contribution in [0.5, 0.6) is 11.5 Å². The number of hydrogen-bond acceptors (Lipinski definition) is 6. The molecule has 3 aromatic carbocycles. The van der Waals surface area contributed by atoms with E-state index in [-0.39, 0.29) is 35.1 Å². The van der Waals surface area contributed by atoms with E-state index in [9.17, 15) is 35.6 Å². The molecule has 0 radical (unpaired) electrons. The summed E-state index contributed by atoms with van der Waals surface area (Å²) < 4.78 is 86.8. The van der Waals surface area contributed by atoms with Gasteiger partial charge in [-0.2, -0.15) is 13.2 Å². The Hall–Kier alpha value is -3.68. The van der Waals surface area contributed by atoms with Crippen LogP contribution in [0.25, 0.3) is 0 Å². The van der Waals surface area contributed by atoms with Gasteiger partial charge < -0.3 is 14.8 Å². The Kier molecular flexibility index (Phi) is 9.77.